The molecule has 2 N–H and O–H groups in total. The summed E-state index contributed by atoms with van der Waals surface area (Å²) >= 11 is 0. The van der Waals surface area contributed by atoms with Crippen LogP contribution in [-0.2, 0) is 13.1 Å². The van der Waals surface area contributed by atoms with Crippen molar-refractivity contribution in [2.24, 2.45) is 0 Å². The fourth-order valence-corrected chi connectivity index (χ4v) is 3.97. The number of halogens is 1. The van der Waals surface area contributed by atoms with Gasteiger partial charge in [-0.1, -0.05) is 5.21 Å². The van der Waals surface area contributed by atoms with Gasteiger partial charge in [0.25, 0.3) is 12.2 Å². The molecule has 0 spiro atoms. The van der Waals surface area contributed by atoms with Crippen LogP contribution in [0.1, 0.15) is 34.3 Å². The van der Waals surface area contributed by atoms with Gasteiger partial charge in [-0.2, -0.15) is 5.10 Å². The molecule has 12 nitrogen and oxygen atoms in total. The molecule has 1 aliphatic rings. The van der Waals surface area contributed by atoms with E-state index in [-0.39, 0.29) is 17.9 Å². The van der Waals surface area contributed by atoms with Crippen molar-refractivity contribution in [1.29, 1.82) is 0 Å². The summed E-state index contributed by atoms with van der Waals surface area (Å²) in [5.74, 6) is -0.171. The molecular formula is C22H24FN10O2+. The van der Waals surface area contributed by atoms with Crippen molar-refractivity contribution < 1.29 is 18.6 Å². The van der Waals surface area contributed by atoms with Crippen LogP contribution in [0.5, 0.6) is 5.75 Å². The zero-order valence-corrected chi connectivity index (χ0v) is 19.1. The SMILES string of the molecule is COc1ccc(-[n+]2cnn[nH]2)c(CNC(=O)c2cnn(Cc3cnc(N4CCCC4)nc3)c2)c1F. The molecule has 1 aromatic carbocycles. The number of nitrogens with zero attached hydrogens (tertiary/aromatic N) is 8. The first-order valence-electron chi connectivity index (χ1n) is 11.1. The minimum absolute atomic E-state index is 0.0665. The molecule has 1 amide bonds. The summed E-state index contributed by atoms with van der Waals surface area (Å²) in [7, 11) is 1.38. The number of ether oxygens (including phenoxy) is 1. The predicted molar refractivity (Wildman–Crippen MR) is 120 cm³/mol. The lowest BCUT2D eigenvalue weighted by atomic mass is 10.1. The number of aromatic amines is 1. The number of nitrogens with one attached hydrogen (secondary N) is 2. The zero-order valence-electron chi connectivity index (χ0n) is 19.1. The third kappa shape index (κ3) is 4.78. The summed E-state index contributed by atoms with van der Waals surface area (Å²) in [5, 5.41) is 17.0. The smallest absolute Gasteiger partial charge is 0.293 e. The molecule has 0 atom stereocenters. The molecule has 0 unspecified atom stereocenters. The summed E-state index contributed by atoms with van der Waals surface area (Å²) in [6.45, 7) is 2.30. The van der Waals surface area contributed by atoms with Crippen LogP contribution in [0.3, 0.4) is 0 Å². The number of hydrogen-bond donors (Lipinski definition) is 2. The first-order valence-corrected chi connectivity index (χ1v) is 11.1. The Morgan fingerprint density at radius 1 is 1.23 bits per heavy atom. The molecule has 0 aliphatic carbocycles. The van der Waals surface area contributed by atoms with Crippen molar-refractivity contribution in [3.63, 3.8) is 0 Å². The van der Waals surface area contributed by atoms with Crippen molar-refractivity contribution in [1.82, 2.24) is 40.6 Å². The molecule has 13 heteroatoms. The van der Waals surface area contributed by atoms with Gasteiger partial charge in [0.15, 0.2) is 16.8 Å². The normalized spacial score (nSPS) is 13.3. The first-order chi connectivity index (χ1) is 17.1. The van der Waals surface area contributed by atoms with E-state index < -0.39 is 11.7 Å². The fraction of sp³-hybridized carbons (Fsp3) is 0.318. The lowest BCUT2D eigenvalue weighted by molar-refractivity contribution is -0.661. The number of hydrogen-bond acceptors (Lipinski definition) is 8. The molecule has 5 rings (SSSR count). The van der Waals surface area contributed by atoms with E-state index in [0.717, 1.165) is 37.4 Å². The number of H-pyrrole nitrogens is 1. The van der Waals surface area contributed by atoms with Gasteiger partial charge in [0.1, 0.15) is 10.8 Å². The second-order valence-corrected chi connectivity index (χ2v) is 8.08. The predicted octanol–water partition coefficient (Wildman–Crippen LogP) is 0.794. The van der Waals surface area contributed by atoms with E-state index in [9.17, 15) is 9.18 Å². The van der Waals surface area contributed by atoms with Gasteiger partial charge in [-0.25, -0.2) is 14.4 Å². The number of rotatable bonds is 8. The second kappa shape index (κ2) is 9.83. The lowest BCUT2D eigenvalue weighted by Gasteiger charge is -2.14. The van der Waals surface area contributed by atoms with Crippen LogP contribution >= 0.6 is 0 Å². The van der Waals surface area contributed by atoms with Crippen LogP contribution in [0.2, 0.25) is 0 Å². The minimum Gasteiger partial charge on any atom is -0.494 e. The van der Waals surface area contributed by atoms with Crippen molar-refractivity contribution >= 4 is 11.9 Å². The van der Waals surface area contributed by atoms with Crippen molar-refractivity contribution in [3.05, 3.63) is 65.8 Å². The van der Waals surface area contributed by atoms with Gasteiger partial charge in [-0.15, -0.1) is 4.68 Å². The average molecular weight is 480 g/mol. The van der Waals surface area contributed by atoms with Gasteiger partial charge in [-0.05, 0) is 25.0 Å². The molecule has 0 saturated carbocycles. The van der Waals surface area contributed by atoms with Gasteiger partial charge in [-0.3, -0.25) is 9.48 Å². The van der Waals surface area contributed by atoms with E-state index in [1.165, 1.54) is 30.4 Å². The highest BCUT2D eigenvalue weighted by molar-refractivity contribution is 5.93. The topological polar surface area (TPSA) is 131 Å². The fourth-order valence-electron chi connectivity index (χ4n) is 3.97. The number of methoxy groups -OCH3 is 1. The Balaban J connectivity index is 1.25. The van der Waals surface area contributed by atoms with Gasteiger partial charge >= 0.3 is 0 Å². The Labute approximate surface area is 199 Å². The number of anilines is 1. The van der Waals surface area contributed by atoms with Crippen LogP contribution in [-0.4, -0.2) is 61.4 Å². The number of carbonyl (C=O) groups is 1. The molecular weight excluding hydrogens is 455 g/mol. The Hall–Kier alpha value is -4.42. The van der Waals surface area contributed by atoms with E-state index >= 15 is 0 Å². The number of benzene rings is 1. The molecule has 35 heavy (non-hydrogen) atoms. The highest BCUT2D eigenvalue weighted by Crippen LogP contribution is 2.24. The first kappa shape index (κ1) is 22.4. The van der Waals surface area contributed by atoms with Crippen LogP contribution < -0.4 is 19.6 Å². The maximum atomic E-state index is 15.0. The van der Waals surface area contributed by atoms with Crippen molar-refractivity contribution in [3.8, 4) is 11.4 Å². The van der Waals surface area contributed by atoms with Gasteiger partial charge < -0.3 is 15.0 Å². The molecule has 1 saturated heterocycles. The van der Waals surface area contributed by atoms with E-state index in [1.54, 1.807) is 29.3 Å². The van der Waals surface area contributed by atoms with E-state index in [1.807, 2.05) is 0 Å². The van der Waals surface area contributed by atoms with E-state index in [4.69, 9.17) is 4.74 Å². The highest BCUT2D eigenvalue weighted by atomic mass is 19.1. The molecule has 4 heterocycles. The minimum atomic E-state index is -0.583. The van der Waals surface area contributed by atoms with Crippen LogP contribution in [0.15, 0.2) is 43.2 Å². The number of carbonyl (C=O) groups excluding carboxylic acids is 1. The summed E-state index contributed by atoms with van der Waals surface area (Å²) in [4.78, 5) is 23.8. The van der Waals surface area contributed by atoms with E-state index in [0.29, 0.717) is 17.8 Å². The Morgan fingerprint density at radius 2 is 2.03 bits per heavy atom. The second-order valence-electron chi connectivity index (χ2n) is 8.08. The van der Waals surface area contributed by atoms with Gasteiger partial charge in [0.05, 0.1) is 31.0 Å². The molecule has 180 valence electrons. The monoisotopic (exact) mass is 479 g/mol. The van der Waals surface area contributed by atoms with Crippen LogP contribution in [0.4, 0.5) is 10.3 Å². The third-order valence-corrected chi connectivity index (χ3v) is 5.79. The summed E-state index contributed by atoms with van der Waals surface area (Å²) in [6.07, 6.45) is 10.4. The average Bonchev–Trinajstić information content (AvgIpc) is 3.67. The summed E-state index contributed by atoms with van der Waals surface area (Å²) in [5.41, 5.74) is 1.88. The van der Waals surface area contributed by atoms with Gasteiger partial charge in [0.2, 0.25) is 5.95 Å². The van der Waals surface area contributed by atoms with Crippen molar-refractivity contribution in [2.75, 3.05) is 25.1 Å². The summed E-state index contributed by atoms with van der Waals surface area (Å²) in [6, 6.07) is 3.15. The molecule has 3 aromatic heterocycles. The van der Waals surface area contributed by atoms with E-state index in [2.05, 4.69) is 40.8 Å². The quantitative estimate of drug-likeness (QED) is 0.355. The molecule has 4 aromatic rings. The molecule has 0 radical (unpaired) electrons. The number of amides is 1. The van der Waals surface area contributed by atoms with Crippen molar-refractivity contribution in [2.45, 2.75) is 25.9 Å². The highest BCUT2D eigenvalue weighted by Gasteiger charge is 2.20. The Morgan fingerprint density at radius 3 is 2.74 bits per heavy atom. The number of tetrazole rings is 1. The van der Waals surface area contributed by atoms with Crippen LogP contribution in [0, 0.1) is 5.82 Å². The summed E-state index contributed by atoms with van der Waals surface area (Å²) < 4.78 is 23.1. The molecule has 0 bridgehead atoms. The zero-order chi connectivity index (χ0) is 24.2. The maximum absolute atomic E-state index is 15.0. The van der Waals surface area contributed by atoms with Crippen LogP contribution in [0.25, 0.3) is 5.69 Å². The Bertz CT molecular complexity index is 1300. The third-order valence-electron chi connectivity index (χ3n) is 5.79. The number of aromatic nitrogens is 8. The molecule has 1 fully saturated rings. The molecule has 1 aliphatic heterocycles. The Kier molecular flexibility index (Phi) is 6.28. The lowest BCUT2D eigenvalue weighted by Crippen LogP contribution is -2.35. The van der Waals surface area contributed by atoms with Gasteiger partial charge in [0, 0.05) is 43.8 Å². The maximum Gasteiger partial charge on any atom is 0.293 e. The largest absolute Gasteiger partial charge is 0.494 e. The standard InChI is InChI=1S/C22H23FN10O2/c1-35-19-5-4-18(33-14-27-29-30-33)17(20(19)23)11-24-21(34)16-10-28-32(13-16)12-15-8-25-22(26-9-15)31-6-2-3-7-31/h4-5,8-10,13-14H,2-3,6-7,11-12H2,1H3,(H,24,34)/p+1.